The molecule has 0 saturated heterocycles. The SMILES string of the molecule is CC1(C)C2CCC1(C)C(NC(=O)c1cccc(Br)c1)C2. The van der Waals surface area contributed by atoms with Crippen LogP contribution in [0.15, 0.2) is 28.7 Å². The van der Waals surface area contributed by atoms with Crippen LogP contribution in [-0.4, -0.2) is 11.9 Å². The topological polar surface area (TPSA) is 29.1 Å². The minimum Gasteiger partial charge on any atom is -0.349 e. The van der Waals surface area contributed by atoms with E-state index < -0.39 is 0 Å². The van der Waals surface area contributed by atoms with Gasteiger partial charge in [-0.2, -0.15) is 0 Å². The highest BCUT2D eigenvalue weighted by molar-refractivity contribution is 9.10. The fourth-order valence-corrected chi connectivity index (χ4v) is 4.69. The molecule has 0 aromatic heterocycles. The first-order chi connectivity index (χ1) is 9.34. The van der Waals surface area contributed by atoms with Crippen molar-refractivity contribution in [3.63, 3.8) is 0 Å². The summed E-state index contributed by atoms with van der Waals surface area (Å²) in [7, 11) is 0. The van der Waals surface area contributed by atoms with E-state index in [1.54, 1.807) is 0 Å². The van der Waals surface area contributed by atoms with Crippen molar-refractivity contribution < 1.29 is 4.79 Å². The molecule has 2 fully saturated rings. The Morgan fingerprint density at radius 2 is 2.10 bits per heavy atom. The molecule has 2 aliphatic rings. The van der Waals surface area contributed by atoms with Gasteiger partial charge in [-0.05, 0) is 54.2 Å². The highest BCUT2D eigenvalue weighted by Gasteiger charge is 2.61. The molecule has 2 saturated carbocycles. The van der Waals surface area contributed by atoms with Gasteiger partial charge in [0.05, 0.1) is 0 Å². The van der Waals surface area contributed by atoms with Crippen molar-refractivity contribution in [2.24, 2.45) is 16.7 Å². The van der Waals surface area contributed by atoms with Gasteiger partial charge >= 0.3 is 0 Å². The van der Waals surface area contributed by atoms with Gasteiger partial charge in [0.25, 0.3) is 5.91 Å². The van der Waals surface area contributed by atoms with Crippen molar-refractivity contribution in [1.82, 2.24) is 5.32 Å². The molecule has 1 amide bonds. The van der Waals surface area contributed by atoms with E-state index in [0.29, 0.717) is 11.5 Å². The third kappa shape index (κ3) is 1.93. The van der Waals surface area contributed by atoms with E-state index in [4.69, 9.17) is 0 Å². The number of halogens is 1. The summed E-state index contributed by atoms with van der Waals surface area (Å²) >= 11 is 3.42. The van der Waals surface area contributed by atoms with E-state index in [0.717, 1.165) is 22.4 Å². The van der Waals surface area contributed by atoms with Crippen LogP contribution in [0, 0.1) is 16.7 Å². The Morgan fingerprint density at radius 3 is 2.65 bits per heavy atom. The van der Waals surface area contributed by atoms with E-state index in [1.165, 1.54) is 12.8 Å². The van der Waals surface area contributed by atoms with Crippen LogP contribution in [0.25, 0.3) is 0 Å². The summed E-state index contributed by atoms with van der Waals surface area (Å²) in [6.07, 6.45) is 3.67. The van der Waals surface area contributed by atoms with E-state index >= 15 is 0 Å². The lowest BCUT2D eigenvalue weighted by Crippen LogP contribution is -2.46. The molecule has 1 N–H and O–H groups in total. The Kier molecular flexibility index (Phi) is 3.24. The van der Waals surface area contributed by atoms with Crippen LogP contribution in [0.3, 0.4) is 0 Å². The van der Waals surface area contributed by atoms with Crippen molar-refractivity contribution >= 4 is 21.8 Å². The van der Waals surface area contributed by atoms with Crippen LogP contribution in [0.4, 0.5) is 0 Å². The van der Waals surface area contributed by atoms with Crippen LogP contribution >= 0.6 is 15.9 Å². The molecule has 3 unspecified atom stereocenters. The second-order valence-corrected chi connectivity index (χ2v) is 8.06. The Balaban J connectivity index is 1.78. The molecule has 3 heteroatoms. The average Bonchev–Trinajstić information content (AvgIpc) is 2.72. The van der Waals surface area contributed by atoms with Crippen molar-refractivity contribution in [1.29, 1.82) is 0 Å². The summed E-state index contributed by atoms with van der Waals surface area (Å²) in [5.41, 5.74) is 1.31. The molecular formula is C17H22BrNO. The zero-order chi connectivity index (χ0) is 14.5. The number of amides is 1. The number of nitrogens with one attached hydrogen (secondary N) is 1. The number of rotatable bonds is 2. The lowest BCUT2D eigenvalue weighted by atomic mass is 9.69. The van der Waals surface area contributed by atoms with Crippen LogP contribution in [-0.2, 0) is 0 Å². The maximum atomic E-state index is 12.5. The number of carbonyl (C=O) groups excluding carboxylic acids is 1. The molecule has 0 aliphatic heterocycles. The molecule has 1 aromatic rings. The Morgan fingerprint density at radius 1 is 1.35 bits per heavy atom. The van der Waals surface area contributed by atoms with Crippen LogP contribution < -0.4 is 5.32 Å². The molecule has 0 radical (unpaired) electrons. The van der Waals surface area contributed by atoms with Gasteiger partial charge in [0.2, 0.25) is 0 Å². The summed E-state index contributed by atoms with van der Waals surface area (Å²) in [6.45, 7) is 7.09. The average molecular weight is 336 g/mol. The van der Waals surface area contributed by atoms with E-state index in [-0.39, 0.29) is 11.3 Å². The summed E-state index contributed by atoms with van der Waals surface area (Å²) in [5.74, 6) is 0.807. The van der Waals surface area contributed by atoms with Gasteiger partial charge < -0.3 is 5.32 Å². The van der Waals surface area contributed by atoms with Crippen LogP contribution in [0.2, 0.25) is 0 Å². The second kappa shape index (κ2) is 4.59. The van der Waals surface area contributed by atoms with Crippen molar-refractivity contribution in [2.45, 2.75) is 46.1 Å². The van der Waals surface area contributed by atoms with Gasteiger partial charge in [0.1, 0.15) is 0 Å². The zero-order valence-corrected chi connectivity index (χ0v) is 14.0. The quantitative estimate of drug-likeness (QED) is 0.852. The molecule has 3 atom stereocenters. The number of fused-ring (bicyclic) bond motifs is 2. The largest absolute Gasteiger partial charge is 0.349 e. The molecular weight excluding hydrogens is 314 g/mol. The monoisotopic (exact) mass is 335 g/mol. The van der Waals surface area contributed by atoms with Gasteiger partial charge in [-0.3, -0.25) is 4.79 Å². The summed E-state index contributed by atoms with van der Waals surface area (Å²) in [6, 6.07) is 7.92. The Hall–Kier alpha value is -0.830. The lowest BCUT2D eigenvalue weighted by Gasteiger charge is -2.39. The number of hydrogen-bond acceptors (Lipinski definition) is 1. The summed E-state index contributed by atoms with van der Waals surface area (Å²) < 4.78 is 0.949. The highest BCUT2D eigenvalue weighted by atomic mass is 79.9. The Bertz CT molecular complexity index is 554. The summed E-state index contributed by atoms with van der Waals surface area (Å²) in [4.78, 5) is 12.5. The first-order valence-electron chi connectivity index (χ1n) is 7.41. The number of benzene rings is 1. The fourth-order valence-electron chi connectivity index (χ4n) is 4.29. The maximum absolute atomic E-state index is 12.5. The molecule has 20 heavy (non-hydrogen) atoms. The van der Waals surface area contributed by atoms with Crippen molar-refractivity contribution in [3.8, 4) is 0 Å². The third-order valence-electron chi connectivity index (χ3n) is 6.19. The third-order valence-corrected chi connectivity index (χ3v) is 6.68. The molecule has 0 spiro atoms. The molecule has 3 rings (SSSR count). The molecule has 2 bridgehead atoms. The lowest BCUT2D eigenvalue weighted by molar-refractivity contribution is 0.0826. The van der Waals surface area contributed by atoms with E-state index in [1.807, 2.05) is 24.3 Å². The second-order valence-electron chi connectivity index (χ2n) is 7.15. The van der Waals surface area contributed by atoms with Crippen LogP contribution in [0.5, 0.6) is 0 Å². The van der Waals surface area contributed by atoms with Gasteiger partial charge in [0, 0.05) is 16.1 Å². The minimum atomic E-state index is 0.0564. The highest BCUT2D eigenvalue weighted by Crippen LogP contribution is 2.65. The minimum absolute atomic E-state index is 0.0564. The Labute approximate surface area is 129 Å². The first-order valence-corrected chi connectivity index (χ1v) is 8.20. The normalized spacial score (nSPS) is 34.2. The maximum Gasteiger partial charge on any atom is 0.251 e. The number of hydrogen-bond donors (Lipinski definition) is 1. The van der Waals surface area contributed by atoms with Crippen molar-refractivity contribution in [3.05, 3.63) is 34.3 Å². The zero-order valence-electron chi connectivity index (χ0n) is 12.4. The molecule has 1 aromatic carbocycles. The van der Waals surface area contributed by atoms with Crippen LogP contribution in [0.1, 0.15) is 50.4 Å². The molecule has 108 valence electrons. The van der Waals surface area contributed by atoms with E-state index in [9.17, 15) is 4.79 Å². The van der Waals surface area contributed by atoms with Gasteiger partial charge in [0.15, 0.2) is 0 Å². The first kappa shape index (κ1) is 14.1. The van der Waals surface area contributed by atoms with Gasteiger partial charge in [-0.1, -0.05) is 42.8 Å². The summed E-state index contributed by atoms with van der Waals surface area (Å²) in [5, 5.41) is 3.29. The smallest absolute Gasteiger partial charge is 0.251 e. The van der Waals surface area contributed by atoms with Gasteiger partial charge in [-0.15, -0.1) is 0 Å². The van der Waals surface area contributed by atoms with E-state index in [2.05, 4.69) is 42.0 Å². The molecule has 2 nitrogen and oxygen atoms in total. The van der Waals surface area contributed by atoms with Crippen molar-refractivity contribution in [2.75, 3.05) is 0 Å². The van der Waals surface area contributed by atoms with Gasteiger partial charge in [-0.25, -0.2) is 0 Å². The number of carbonyl (C=O) groups is 1. The molecule has 2 aliphatic carbocycles. The fraction of sp³-hybridized carbons (Fsp3) is 0.588. The molecule has 0 heterocycles. The predicted molar refractivity (Wildman–Crippen MR) is 84.6 cm³/mol. The standard InChI is InChI=1S/C17H22BrNO/c1-16(2)12-7-8-17(16,3)14(10-12)19-15(20)11-5-4-6-13(18)9-11/h4-6,9,12,14H,7-8,10H2,1-3H3,(H,19,20). The predicted octanol–water partition coefficient (Wildman–Crippen LogP) is 4.39.